The van der Waals surface area contributed by atoms with Gasteiger partial charge in [-0.25, -0.2) is 4.98 Å². The van der Waals surface area contributed by atoms with Crippen molar-refractivity contribution in [3.05, 3.63) is 59.2 Å². The van der Waals surface area contributed by atoms with E-state index in [0.717, 1.165) is 42.7 Å². The van der Waals surface area contributed by atoms with Gasteiger partial charge in [-0.1, -0.05) is 12.1 Å². The Hall–Kier alpha value is -2.77. The third kappa shape index (κ3) is 4.94. The molecule has 2 aromatic heterocycles. The Bertz CT molecular complexity index is 1100. The third-order valence-corrected chi connectivity index (χ3v) is 7.04. The summed E-state index contributed by atoms with van der Waals surface area (Å²) in [6.07, 6.45) is 8.86. The predicted octanol–water partition coefficient (Wildman–Crippen LogP) is 3.68. The molecular weight excluding hydrogens is 412 g/mol. The molecule has 2 aliphatic rings. The quantitative estimate of drug-likeness (QED) is 0.516. The third-order valence-electron chi connectivity index (χ3n) is 7.04. The number of aromatic amines is 1. The molecule has 33 heavy (non-hydrogen) atoms. The lowest BCUT2D eigenvalue weighted by Crippen LogP contribution is -2.29. The van der Waals surface area contributed by atoms with Crippen molar-refractivity contribution >= 4 is 16.9 Å². The minimum absolute atomic E-state index is 0.0315. The molecule has 1 atom stereocenters. The largest absolute Gasteiger partial charge is 0.352 e. The lowest BCUT2D eigenvalue weighted by molar-refractivity contribution is 0.0953. The normalized spacial score (nSPS) is 18.7. The van der Waals surface area contributed by atoms with Crippen molar-refractivity contribution in [1.82, 2.24) is 30.1 Å². The number of benzene rings is 1. The summed E-state index contributed by atoms with van der Waals surface area (Å²) in [6.45, 7) is 4.84. The fourth-order valence-electron chi connectivity index (χ4n) is 5.31. The Morgan fingerprint density at radius 1 is 1.21 bits per heavy atom. The molecule has 7 heteroatoms. The Kier molecular flexibility index (Phi) is 6.69. The molecule has 1 aliphatic heterocycles. The summed E-state index contributed by atoms with van der Waals surface area (Å²) in [5.41, 5.74) is 4.87. The molecule has 0 saturated carbocycles. The van der Waals surface area contributed by atoms with Crippen LogP contribution in [-0.4, -0.2) is 63.9 Å². The lowest BCUT2D eigenvalue weighted by Gasteiger charge is -2.31. The fraction of sp³-hybridized carbons (Fsp3) is 0.500. The first-order valence-corrected chi connectivity index (χ1v) is 12.3. The van der Waals surface area contributed by atoms with E-state index in [1.807, 2.05) is 30.5 Å². The van der Waals surface area contributed by atoms with Crippen molar-refractivity contribution in [3.8, 4) is 0 Å². The van der Waals surface area contributed by atoms with Crippen molar-refractivity contribution in [2.75, 3.05) is 33.2 Å². The summed E-state index contributed by atoms with van der Waals surface area (Å²) in [6, 6.07) is 10.3. The highest BCUT2D eigenvalue weighted by Gasteiger charge is 2.25. The average Bonchev–Trinajstić information content (AvgIpc) is 3.50. The van der Waals surface area contributed by atoms with E-state index < -0.39 is 0 Å². The Labute approximate surface area is 195 Å². The number of amides is 1. The molecule has 5 rings (SSSR count). The van der Waals surface area contributed by atoms with E-state index in [-0.39, 0.29) is 5.91 Å². The van der Waals surface area contributed by atoms with Gasteiger partial charge in [0, 0.05) is 12.7 Å². The first-order valence-electron chi connectivity index (χ1n) is 12.3. The van der Waals surface area contributed by atoms with Crippen LogP contribution in [0, 0.1) is 0 Å². The van der Waals surface area contributed by atoms with Gasteiger partial charge in [0.05, 0.1) is 34.9 Å². The van der Waals surface area contributed by atoms with Crippen LogP contribution in [0.5, 0.6) is 0 Å². The van der Waals surface area contributed by atoms with Crippen molar-refractivity contribution in [2.45, 2.75) is 51.1 Å². The van der Waals surface area contributed by atoms with Gasteiger partial charge in [-0.2, -0.15) is 0 Å². The maximum absolute atomic E-state index is 12.9. The van der Waals surface area contributed by atoms with E-state index >= 15 is 0 Å². The van der Waals surface area contributed by atoms with Gasteiger partial charge < -0.3 is 15.2 Å². The molecule has 3 heterocycles. The van der Waals surface area contributed by atoms with Crippen molar-refractivity contribution in [3.63, 3.8) is 0 Å². The standard InChI is InChI=1S/C26H34N6O/c1-31(22-12-4-8-19-9-6-13-27-24(19)22)18-23-29-21-11-5-10-20(25(21)30-23)26(33)28-14-7-17-32-15-2-3-16-32/h5-6,9-11,13,22H,2-4,7-8,12,14-18H2,1H3,(H,28,33)(H,29,30). The second-order valence-corrected chi connectivity index (χ2v) is 9.41. The maximum Gasteiger partial charge on any atom is 0.253 e. The highest BCUT2D eigenvalue weighted by molar-refractivity contribution is 6.04. The first kappa shape index (κ1) is 22.0. The Morgan fingerprint density at radius 3 is 2.97 bits per heavy atom. The number of aryl methyl sites for hydroxylation is 1. The summed E-state index contributed by atoms with van der Waals surface area (Å²) >= 11 is 0. The Morgan fingerprint density at radius 2 is 2.09 bits per heavy atom. The van der Waals surface area contributed by atoms with Crippen LogP contribution in [0.1, 0.15) is 65.6 Å². The predicted molar refractivity (Wildman–Crippen MR) is 130 cm³/mol. The molecule has 1 fully saturated rings. The minimum atomic E-state index is -0.0315. The van der Waals surface area contributed by atoms with Gasteiger partial charge in [0.2, 0.25) is 0 Å². The molecule has 0 radical (unpaired) electrons. The number of imidazole rings is 1. The second kappa shape index (κ2) is 10.0. The Balaban J connectivity index is 1.24. The number of rotatable bonds is 8. The van der Waals surface area contributed by atoms with Crippen LogP contribution in [0.2, 0.25) is 0 Å². The summed E-state index contributed by atoms with van der Waals surface area (Å²) in [5, 5.41) is 3.10. The smallest absolute Gasteiger partial charge is 0.253 e. The molecule has 1 aliphatic carbocycles. The number of hydrogen-bond donors (Lipinski definition) is 2. The molecule has 7 nitrogen and oxygen atoms in total. The van der Waals surface area contributed by atoms with Gasteiger partial charge in [-0.05, 0) is 89.0 Å². The van der Waals surface area contributed by atoms with Gasteiger partial charge in [0.15, 0.2) is 0 Å². The van der Waals surface area contributed by atoms with Crippen molar-refractivity contribution in [2.24, 2.45) is 0 Å². The lowest BCUT2D eigenvalue weighted by atomic mass is 9.91. The van der Waals surface area contributed by atoms with E-state index in [4.69, 9.17) is 4.98 Å². The summed E-state index contributed by atoms with van der Waals surface area (Å²) in [7, 11) is 2.13. The van der Waals surface area contributed by atoms with Crippen LogP contribution < -0.4 is 5.32 Å². The molecule has 0 bridgehead atoms. The first-order chi connectivity index (χ1) is 16.2. The van der Waals surface area contributed by atoms with E-state index in [1.165, 1.54) is 43.6 Å². The molecule has 2 N–H and O–H groups in total. The van der Waals surface area contributed by atoms with Gasteiger partial charge >= 0.3 is 0 Å². The zero-order valence-corrected chi connectivity index (χ0v) is 19.5. The molecule has 0 spiro atoms. The van der Waals surface area contributed by atoms with E-state index in [2.05, 4.69) is 38.2 Å². The topological polar surface area (TPSA) is 77.2 Å². The molecule has 1 unspecified atom stereocenters. The van der Waals surface area contributed by atoms with Gasteiger partial charge in [0.1, 0.15) is 5.82 Å². The van der Waals surface area contributed by atoms with E-state index in [0.29, 0.717) is 24.7 Å². The second-order valence-electron chi connectivity index (χ2n) is 9.41. The van der Waals surface area contributed by atoms with Crippen LogP contribution in [0.25, 0.3) is 11.0 Å². The van der Waals surface area contributed by atoms with Gasteiger partial charge in [-0.3, -0.25) is 14.7 Å². The molecule has 1 saturated heterocycles. The summed E-state index contributed by atoms with van der Waals surface area (Å²) < 4.78 is 0. The van der Waals surface area contributed by atoms with Gasteiger partial charge in [-0.15, -0.1) is 0 Å². The number of carbonyl (C=O) groups is 1. The number of para-hydroxylation sites is 1. The van der Waals surface area contributed by atoms with Crippen molar-refractivity contribution < 1.29 is 4.79 Å². The van der Waals surface area contributed by atoms with Crippen LogP contribution in [0.4, 0.5) is 0 Å². The monoisotopic (exact) mass is 446 g/mol. The number of hydrogen-bond acceptors (Lipinski definition) is 5. The number of nitrogens with zero attached hydrogens (tertiary/aromatic N) is 4. The molecule has 1 amide bonds. The molecule has 1 aromatic carbocycles. The molecule has 3 aromatic rings. The number of fused-ring (bicyclic) bond motifs is 2. The number of nitrogens with one attached hydrogen (secondary N) is 2. The van der Waals surface area contributed by atoms with Crippen molar-refractivity contribution in [1.29, 1.82) is 0 Å². The summed E-state index contributed by atoms with van der Waals surface area (Å²) in [5.74, 6) is 0.848. The number of likely N-dealkylation sites (tertiary alicyclic amines) is 1. The van der Waals surface area contributed by atoms with Crippen LogP contribution in [-0.2, 0) is 13.0 Å². The number of H-pyrrole nitrogens is 1. The molecular formula is C26H34N6O. The minimum Gasteiger partial charge on any atom is -0.352 e. The fourth-order valence-corrected chi connectivity index (χ4v) is 5.31. The zero-order chi connectivity index (χ0) is 22.6. The average molecular weight is 447 g/mol. The number of pyridine rings is 1. The van der Waals surface area contributed by atoms with Crippen LogP contribution in [0.3, 0.4) is 0 Å². The summed E-state index contributed by atoms with van der Waals surface area (Å²) in [4.78, 5) is 30.6. The van der Waals surface area contributed by atoms with Crippen LogP contribution in [0.15, 0.2) is 36.5 Å². The molecule has 174 valence electrons. The highest BCUT2D eigenvalue weighted by Crippen LogP contribution is 2.32. The van der Waals surface area contributed by atoms with Gasteiger partial charge in [0.25, 0.3) is 5.91 Å². The van der Waals surface area contributed by atoms with E-state index in [1.54, 1.807) is 0 Å². The number of aromatic nitrogens is 3. The SMILES string of the molecule is CN(Cc1nc2cccc(C(=O)NCCCN3CCCC3)c2[nH]1)C1CCCc2cccnc21. The van der Waals surface area contributed by atoms with Crippen LogP contribution >= 0.6 is 0 Å². The number of carbonyl (C=O) groups excluding carboxylic acids is 1. The maximum atomic E-state index is 12.9. The highest BCUT2D eigenvalue weighted by atomic mass is 16.1. The zero-order valence-electron chi connectivity index (χ0n) is 19.5. The van der Waals surface area contributed by atoms with E-state index in [9.17, 15) is 4.79 Å².